The Morgan fingerprint density at radius 3 is 2.39 bits per heavy atom. The van der Waals surface area contributed by atoms with Crippen LogP contribution in [0.3, 0.4) is 0 Å². The summed E-state index contributed by atoms with van der Waals surface area (Å²) in [4.78, 5) is 11.1. The summed E-state index contributed by atoms with van der Waals surface area (Å²) in [7, 11) is -3.79. The molecule has 1 aromatic rings. The first-order valence-corrected chi connectivity index (χ1v) is 9.35. The number of hydrogen-bond donors (Lipinski definition) is 3. The van der Waals surface area contributed by atoms with Crippen LogP contribution in [-0.2, 0) is 10.0 Å². The number of carbonyl (C=O) groups is 1. The van der Waals surface area contributed by atoms with Gasteiger partial charge in [-0.1, -0.05) is 20.3 Å². The average Bonchev–Trinajstić information content (AvgIpc) is 2.46. The third-order valence-electron chi connectivity index (χ3n) is 3.61. The number of rotatable bonds is 9. The van der Waals surface area contributed by atoms with Crippen LogP contribution in [0.2, 0.25) is 0 Å². The molecule has 3 N–H and O–H groups in total. The van der Waals surface area contributed by atoms with Crippen LogP contribution in [0.15, 0.2) is 23.1 Å². The van der Waals surface area contributed by atoms with Gasteiger partial charge in [0.15, 0.2) is 0 Å². The van der Waals surface area contributed by atoms with Gasteiger partial charge in [0.05, 0.1) is 11.3 Å². The Balaban J connectivity index is 3.28. The van der Waals surface area contributed by atoms with Crippen molar-refractivity contribution in [2.45, 2.75) is 63.9 Å². The minimum absolute atomic E-state index is 0.0272. The van der Waals surface area contributed by atoms with Gasteiger partial charge in [0.25, 0.3) is 0 Å². The SMILES string of the molecule is CCCC(C)Nc1ccc(C(=O)O)cc1S(=O)(=O)NC(C)CC. The summed E-state index contributed by atoms with van der Waals surface area (Å²) in [5, 5.41) is 12.3. The summed E-state index contributed by atoms with van der Waals surface area (Å²) in [6.45, 7) is 7.66. The van der Waals surface area contributed by atoms with Crippen molar-refractivity contribution in [1.82, 2.24) is 4.72 Å². The highest BCUT2D eigenvalue weighted by atomic mass is 32.2. The highest BCUT2D eigenvalue weighted by molar-refractivity contribution is 7.89. The van der Waals surface area contributed by atoms with Crippen LogP contribution in [-0.4, -0.2) is 31.6 Å². The molecule has 0 fully saturated rings. The summed E-state index contributed by atoms with van der Waals surface area (Å²) in [5.41, 5.74) is 0.370. The average molecular weight is 342 g/mol. The quantitative estimate of drug-likeness (QED) is 0.641. The van der Waals surface area contributed by atoms with E-state index in [1.807, 2.05) is 20.8 Å². The summed E-state index contributed by atoms with van der Waals surface area (Å²) < 4.78 is 27.8. The van der Waals surface area contributed by atoms with Crippen molar-refractivity contribution in [3.8, 4) is 0 Å². The summed E-state index contributed by atoms with van der Waals surface area (Å²) in [6, 6.07) is 3.99. The van der Waals surface area contributed by atoms with Gasteiger partial charge in [0.2, 0.25) is 10.0 Å². The molecule has 0 saturated carbocycles. The molecule has 130 valence electrons. The number of benzene rings is 1. The third kappa shape index (κ3) is 5.51. The minimum atomic E-state index is -3.79. The summed E-state index contributed by atoms with van der Waals surface area (Å²) in [6.07, 6.45) is 2.50. The monoisotopic (exact) mass is 342 g/mol. The van der Waals surface area contributed by atoms with Gasteiger partial charge >= 0.3 is 5.97 Å². The van der Waals surface area contributed by atoms with Crippen LogP contribution >= 0.6 is 0 Å². The van der Waals surface area contributed by atoms with Crippen LogP contribution in [0.4, 0.5) is 5.69 Å². The molecule has 0 saturated heterocycles. The van der Waals surface area contributed by atoms with Crippen LogP contribution in [0, 0.1) is 0 Å². The maximum atomic E-state index is 12.6. The van der Waals surface area contributed by atoms with E-state index in [4.69, 9.17) is 5.11 Å². The number of aromatic carboxylic acids is 1. The summed E-state index contributed by atoms with van der Waals surface area (Å²) >= 11 is 0. The van der Waals surface area contributed by atoms with Crippen molar-refractivity contribution in [3.05, 3.63) is 23.8 Å². The first-order valence-electron chi connectivity index (χ1n) is 7.87. The molecule has 0 aliphatic heterocycles. The standard InChI is InChI=1S/C16H26N2O4S/c1-5-7-12(4)17-14-9-8-13(16(19)20)10-15(14)23(21,22)18-11(3)6-2/h8-12,17-18H,5-7H2,1-4H3,(H,19,20). The molecule has 0 heterocycles. The first-order chi connectivity index (χ1) is 10.7. The van der Waals surface area contributed by atoms with Gasteiger partial charge in [-0.05, 0) is 44.9 Å². The molecule has 0 aromatic heterocycles. The Kier molecular flexibility index (Phi) is 7.02. The molecular formula is C16H26N2O4S. The first kappa shape index (κ1) is 19.4. The van der Waals surface area contributed by atoms with E-state index in [1.165, 1.54) is 18.2 Å². The molecule has 1 rings (SSSR count). The van der Waals surface area contributed by atoms with E-state index in [0.29, 0.717) is 12.1 Å². The smallest absolute Gasteiger partial charge is 0.335 e. The molecule has 0 spiro atoms. The molecule has 0 bridgehead atoms. The Bertz CT molecular complexity index is 643. The Morgan fingerprint density at radius 1 is 1.22 bits per heavy atom. The maximum Gasteiger partial charge on any atom is 0.335 e. The van der Waals surface area contributed by atoms with Crippen molar-refractivity contribution >= 4 is 21.7 Å². The van der Waals surface area contributed by atoms with Gasteiger partial charge in [-0.2, -0.15) is 0 Å². The van der Waals surface area contributed by atoms with Crippen molar-refractivity contribution in [2.24, 2.45) is 0 Å². The lowest BCUT2D eigenvalue weighted by Gasteiger charge is -2.19. The third-order valence-corrected chi connectivity index (χ3v) is 5.24. The van der Waals surface area contributed by atoms with E-state index < -0.39 is 16.0 Å². The molecule has 6 nitrogen and oxygen atoms in total. The van der Waals surface area contributed by atoms with Gasteiger partial charge in [-0.25, -0.2) is 17.9 Å². The van der Waals surface area contributed by atoms with E-state index in [-0.39, 0.29) is 22.5 Å². The number of carboxylic acids is 1. The van der Waals surface area contributed by atoms with Crippen molar-refractivity contribution in [1.29, 1.82) is 0 Å². The van der Waals surface area contributed by atoms with Crippen LogP contribution in [0.1, 0.15) is 57.3 Å². The van der Waals surface area contributed by atoms with Gasteiger partial charge in [0, 0.05) is 12.1 Å². The minimum Gasteiger partial charge on any atom is -0.478 e. The van der Waals surface area contributed by atoms with E-state index in [2.05, 4.69) is 10.0 Å². The number of nitrogens with one attached hydrogen (secondary N) is 2. The van der Waals surface area contributed by atoms with Crippen LogP contribution in [0.25, 0.3) is 0 Å². The fourth-order valence-corrected chi connectivity index (χ4v) is 3.70. The van der Waals surface area contributed by atoms with Crippen LogP contribution in [0.5, 0.6) is 0 Å². The molecule has 23 heavy (non-hydrogen) atoms. The molecule has 0 aliphatic carbocycles. The zero-order valence-corrected chi connectivity index (χ0v) is 14.9. The second-order valence-corrected chi connectivity index (χ2v) is 7.46. The largest absolute Gasteiger partial charge is 0.478 e. The van der Waals surface area contributed by atoms with Crippen molar-refractivity contribution in [2.75, 3.05) is 5.32 Å². The molecule has 0 amide bonds. The van der Waals surface area contributed by atoms with Crippen molar-refractivity contribution in [3.63, 3.8) is 0 Å². The normalized spacial score (nSPS) is 14.3. The van der Waals surface area contributed by atoms with Crippen molar-refractivity contribution < 1.29 is 18.3 Å². The van der Waals surface area contributed by atoms with Crippen LogP contribution < -0.4 is 10.0 Å². The molecule has 2 atom stereocenters. The second kappa shape index (κ2) is 8.31. The van der Waals surface area contributed by atoms with E-state index >= 15 is 0 Å². The lowest BCUT2D eigenvalue weighted by Crippen LogP contribution is -2.33. The van der Waals surface area contributed by atoms with E-state index in [1.54, 1.807) is 6.92 Å². The van der Waals surface area contributed by atoms with Gasteiger partial charge in [-0.3, -0.25) is 0 Å². The zero-order chi connectivity index (χ0) is 17.6. The molecule has 2 unspecified atom stereocenters. The predicted molar refractivity (Wildman–Crippen MR) is 91.5 cm³/mol. The fourth-order valence-electron chi connectivity index (χ4n) is 2.18. The van der Waals surface area contributed by atoms with E-state index in [0.717, 1.165) is 12.8 Å². The predicted octanol–water partition coefficient (Wildman–Crippen LogP) is 3.06. The molecular weight excluding hydrogens is 316 g/mol. The Hall–Kier alpha value is -1.60. The molecule has 7 heteroatoms. The zero-order valence-electron chi connectivity index (χ0n) is 14.1. The molecule has 0 aliphatic rings. The van der Waals surface area contributed by atoms with Gasteiger partial charge < -0.3 is 10.4 Å². The molecule has 0 radical (unpaired) electrons. The number of sulfonamides is 1. The Morgan fingerprint density at radius 2 is 1.87 bits per heavy atom. The van der Waals surface area contributed by atoms with E-state index in [9.17, 15) is 13.2 Å². The summed E-state index contributed by atoms with van der Waals surface area (Å²) in [5.74, 6) is -1.15. The fraction of sp³-hybridized carbons (Fsp3) is 0.562. The van der Waals surface area contributed by atoms with Gasteiger partial charge in [0.1, 0.15) is 4.90 Å². The second-order valence-electron chi connectivity index (χ2n) is 5.78. The lowest BCUT2D eigenvalue weighted by molar-refractivity contribution is 0.0696. The Labute approximate surface area is 138 Å². The highest BCUT2D eigenvalue weighted by Gasteiger charge is 2.23. The number of anilines is 1. The topological polar surface area (TPSA) is 95.5 Å². The number of hydrogen-bond acceptors (Lipinski definition) is 4. The number of carboxylic acid groups (broad SMARTS) is 1. The lowest BCUT2D eigenvalue weighted by atomic mass is 10.1. The molecule has 1 aromatic carbocycles. The maximum absolute atomic E-state index is 12.6. The van der Waals surface area contributed by atoms with Gasteiger partial charge in [-0.15, -0.1) is 0 Å². The highest BCUT2D eigenvalue weighted by Crippen LogP contribution is 2.25.